The first-order valence-electron chi connectivity index (χ1n) is 11.3. The molecule has 2 saturated carbocycles. The van der Waals surface area contributed by atoms with Crippen LogP contribution in [-0.2, 0) is 14.3 Å². The molecule has 158 valence electrons. The second-order valence-corrected chi connectivity index (χ2v) is 11.1. The summed E-state index contributed by atoms with van der Waals surface area (Å²) < 4.78 is 5.17. The average molecular weight is 389 g/mol. The van der Waals surface area contributed by atoms with E-state index in [1.165, 1.54) is 0 Å². The van der Waals surface area contributed by atoms with Crippen molar-refractivity contribution in [3.63, 3.8) is 0 Å². The van der Waals surface area contributed by atoms with Crippen molar-refractivity contribution in [2.24, 2.45) is 33.5 Å². The SMILES string of the molecule is CCOC(=O)CC[C@H]1CC=C2[C@@]3(C)CCC(=O)C(C)(C)[C@@H]3CC[C@@]2(C)C1(C)C. The third kappa shape index (κ3) is 2.99. The van der Waals surface area contributed by atoms with Gasteiger partial charge in [-0.15, -0.1) is 0 Å². The van der Waals surface area contributed by atoms with Gasteiger partial charge >= 0.3 is 5.97 Å². The molecule has 0 aromatic heterocycles. The van der Waals surface area contributed by atoms with E-state index in [0.29, 0.717) is 37.1 Å². The van der Waals surface area contributed by atoms with Crippen LogP contribution in [-0.4, -0.2) is 18.4 Å². The van der Waals surface area contributed by atoms with Crippen LogP contribution in [0.15, 0.2) is 11.6 Å². The summed E-state index contributed by atoms with van der Waals surface area (Å²) in [5.74, 6) is 1.31. The number of allylic oxidation sites excluding steroid dienone is 2. The van der Waals surface area contributed by atoms with Gasteiger partial charge in [-0.1, -0.05) is 53.2 Å². The number of Topliss-reactive ketones (excluding diaryl/α,β-unsaturated/α-hetero) is 1. The van der Waals surface area contributed by atoms with E-state index < -0.39 is 0 Å². The molecule has 2 fully saturated rings. The maximum absolute atomic E-state index is 12.7. The van der Waals surface area contributed by atoms with Gasteiger partial charge in [-0.25, -0.2) is 0 Å². The lowest BCUT2D eigenvalue weighted by Crippen LogP contribution is -2.58. The van der Waals surface area contributed by atoms with E-state index in [2.05, 4.69) is 47.6 Å². The van der Waals surface area contributed by atoms with Gasteiger partial charge in [0.2, 0.25) is 0 Å². The van der Waals surface area contributed by atoms with Crippen LogP contribution < -0.4 is 0 Å². The standard InChI is InChI=1S/C25H40O3/c1-8-28-21(27)12-10-17-9-11-19-24(6)15-14-20(26)22(2,3)18(24)13-16-25(19,7)23(17,4)5/h11,17-18H,8-10,12-16H2,1-7H3/t17-,18+,24+,25-/m1/s1. The van der Waals surface area contributed by atoms with Crippen molar-refractivity contribution in [1.82, 2.24) is 0 Å². The van der Waals surface area contributed by atoms with Gasteiger partial charge in [0.1, 0.15) is 5.78 Å². The molecule has 0 bridgehead atoms. The van der Waals surface area contributed by atoms with Crippen molar-refractivity contribution >= 4 is 11.8 Å². The monoisotopic (exact) mass is 388 g/mol. The van der Waals surface area contributed by atoms with Crippen LogP contribution in [0, 0.1) is 33.5 Å². The molecule has 0 heterocycles. The zero-order valence-electron chi connectivity index (χ0n) is 19.1. The molecule has 3 aliphatic carbocycles. The summed E-state index contributed by atoms with van der Waals surface area (Å²) in [7, 11) is 0. The molecule has 0 saturated heterocycles. The first-order chi connectivity index (χ1) is 12.9. The molecule has 0 unspecified atom stereocenters. The number of ether oxygens (including phenoxy) is 1. The lowest BCUT2D eigenvalue weighted by atomic mass is 9.39. The molecule has 0 spiro atoms. The highest BCUT2D eigenvalue weighted by atomic mass is 16.5. The predicted molar refractivity (Wildman–Crippen MR) is 113 cm³/mol. The fourth-order valence-electron chi connectivity index (χ4n) is 7.20. The Kier molecular flexibility index (Phi) is 5.39. The highest BCUT2D eigenvalue weighted by molar-refractivity contribution is 5.85. The van der Waals surface area contributed by atoms with E-state index in [-0.39, 0.29) is 27.6 Å². The molecule has 28 heavy (non-hydrogen) atoms. The summed E-state index contributed by atoms with van der Waals surface area (Å²) in [4.78, 5) is 24.6. The highest BCUT2D eigenvalue weighted by Gasteiger charge is 2.62. The largest absolute Gasteiger partial charge is 0.466 e. The van der Waals surface area contributed by atoms with Crippen LogP contribution >= 0.6 is 0 Å². The number of hydrogen-bond donors (Lipinski definition) is 0. The van der Waals surface area contributed by atoms with Gasteiger partial charge in [-0.3, -0.25) is 9.59 Å². The van der Waals surface area contributed by atoms with Crippen molar-refractivity contribution in [1.29, 1.82) is 0 Å². The predicted octanol–water partition coefficient (Wildman–Crippen LogP) is 6.11. The van der Waals surface area contributed by atoms with Crippen LogP contribution in [0.1, 0.15) is 93.4 Å². The zero-order chi connectivity index (χ0) is 21.0. The van der Waals surface area contributed by atoms with Crippen molar-refractivity contribution in [2.45, 2.75) is 93.4 Å². The van der Waals surface area contributed by atoms with Gasteiger partial charge in [0.25, 0.3) is 0 Å². The van der Waals surface area contributed by atoms with Gasteiger partial charge in [0.05, 0.1) is 6.61 Å². The molecule has 0 aliphatic heterocycles. The minimum Gasteiger partial charge on any atom is -0.466 e. The number of carbonyl (C=O) groups is 2. The molecule has 3 rings (SSSR count). The Hall–Kier alpha value is -1.12. The molecule has 0 aromatic carbocycles. The van der Waals surface area contributed by atoms with E-state index in [9.17, 15) is 9.59 Å². The van der Waals surface area contributed by atoms with Gasteiger partial charge in [0, 0.05) is 18.3 Å². The average Bonchev–Trinajstić information content (AvgIpc) is 2.59. The molecule has 3 aliphatic rings. The smallest absolute Gasteiger partial charge is 0.305 e. The Morgan fingerprint density at radius 2 is 1.82 bits per heavy atom. The number of fused-ring (bicyclic) bond motifs is 3. The van der Waals surface area contributed by atoms with Crippen molar-refractivity contribution < 1.29 is 14.3 Å². The van der Waals surface area contributed by atoms with E-state index >= 15 is 0 Å². The third-order valence-corrected chi connectivity index (χ3v) is 9.42. The number of hydrogen-bond acceptors (Lipinski definition) is 3. The van der Waals surface area contributed by atoms with Gasteiger partial charge in [0.15, 0.2) is 0 Å². The van der Waals surface area contributed by atoms with Gasteiger partial charge < -0.3 is 4.74 Å². The van der Waals surface area contributed by atoms with Gasteiger partial charge in [-0.05, 0) is 67.1 Å². The van der Waals surface area contributed by atoms with Crippen LogP contribution in [0.4, 0.5) is 0 Å². The molecule has 4 atom stereocenters. The van der Waals surface area contributed by atoms with Gasteiger partial charge in [-0.2, -0.15) is 0 Å². The second-order valence-electron chi connectivity index (χ2n) is 11.1. The molecular weight excluding hydrogens is 348 g/mol. The first kappa shape index (κ1) is 21.6. The third-order valence-electron chi connectivity index (χ3n) is 9.42. The molecule has 0 radical (unpaired) electrons. The van der Waals surface area contributed by atoms with E-state index in [0.717, 1.165) is 32.1 Å². The highest BCUT2D eigenvalue weighted by Crippen LogP contribution is 2.70. The number of rotatable bonds is 4. The normalized spacial score (nSPS) is 38.8. The van der Waals surface area contributed by atoms with Crippen molar-refractivity contribution in [2.75, 3.05) is 6.61 Å². The fraction of sp³-hybridized carbons (Fsp3) is 0.840. The molecule has 0 amide bonds. The summed E-state index contributed by atoms with van der Waals surface area (Å²) in [5, 5.41) is 0. The topological polar surface area (TPSA) is 43.4 Å². The second kappa shape index (κ2) is 6.99. The minimum absolute atomic E-state index is 0.0681. The number of carbonyl (C=O) groups excluding carboxylic acids is 2. The molecular formula is C25H40O3. The lowest BCUT2D eigenvalue weighted by molar-refractivity contribution is -0.145. The van der Waals surface area contributed by atoms with Crippen LogP contribution in [0.25, 0.3) is 0 Å². The Morgan fingerprint density at radius 1 is 1.14 bits per heavy atom. The zero-order valence-corrected chi connectivity index (χ0v) is 19.1. The molecule has 0 N–H and O–H groups in total. The fourth-order valence-corrected chi connectivity index (χ4v) is 7.20. The minimum atomic E-state index is -0.222. The Balaban J connectivity index is 1.92. The molecule has 0 aromatic rings. The maximum Gasteiger partial charge on any atom is 0.305 e. The van der Waals surface area contributed by atoms with Crippen LogP contribution in [0.3, 0.4) is 0 Å². The summed E-state index contributed by atoms with van der Waals surface area (Å²) in [6.45, 7) is 16.4. The Morgan fingerprint density at radius 3 is 2.46 bits per heavy atom. The molecule has 3 nitrogen and oxygen atoms in total. The maximum atomic E-state index is 12.7. The van der Waals surface area contributed by atoms with Crippen molar-refractivity contribution in [3.8, 4) is 0 Å². The quantitative estimate of drug-likeness (QED) is 0.431. The lowest BCUT2D eigenvalue weighted by Gasteiger charge is -2.65. The Labute approximate surface area is 171 Å². The Bertz CT molecular complexity index is 686. The van der Waals surface area contributed by atoms with Crippen LogP contribution in [0.5, 0.6) is 0 Å². The summed E-state index contributed by atoms with van der Waals surface area (Å²) in [6.07, 6.45) is 8.92. The first-order valence-corrected chi connectivity index (χ1v) is 11.3. The van der Waals surface area contributed by atoms with E-state index in [4.69, 9.17) is 4.74 Å². The molecule has 3 heteroatoms. The van der Waals surface area contributed by atoms with E-state index in [1.807, 2.05) is 6.92 Å². The number of esters is 1. The summed E-state index contributed by atoms with van der Waals surface area (Å²) in [6, 6.07) is 0. The van der Waals surface area contributed by atoms with Crippen molar-refractivity contribution in [3.05, 3.63) is 11.6 Å². The number of ketones is 1. The summed E-state index contributed by atoms with van der Waals surface area (Å²) >= 11 is 0. The van der Waals surface area contributed by atoms with E-state index in [1.54, 1.807) is 5.57 Å². The van der Waals surface area contributed by atoms with Crippen LogP contribution in [0.2, 0.25) is 0 Å². The summed E-state index contributed by atoms with van der Waals surface area (Å²) in [5.41, 5.74) is 1.76.